The maximum absolute atomic E-state index is 4.69. The molecular weight excluding hydrogens is 230 g/mol. The topological polar surface area (TPSA) is 29.9 Å². The van der Waals surface area contributed by atoms with Crippen LogP contribution in [0.2, 0.25) is 0 Å². The third kappa shape index (κ3) is 2.96. The van der Waals surface area contributed by atoms with Crippen molar-refractivity contribution in [2.75, 3.05) is 7.05 Å². The highest BCUT2D eigenvalue weighted by atomic mass is 32.1. The smallest absolute Gasteiger partial charge is 0.0976 e. The second kappa shape index (κ2) is 5.47. The van der Waals surface area contributed by atoms with Crippen molar-refractivity contribution < 1.29 is 0 Å². The van der Waals surface area contributed by atoms with Crippen molar-refractivity contribution in [3.8, 4) is 11.3 Å². The molecule has 0 amide bonds. The van der Waals surface area contributed by atoms with Gasteiger partial charge in [0.05, 0.1) is 5.69 Å². The van der Waals surface area contributed by atoms with Crippen LogP contribution >= 0.6 is 11.3 Å². The summed E-state index contributed by atoms with van der Waals surface area (Å²) in [4.78, 5) is 0. The fourth-order valence-electron chi connectivity index (χ4n) is 1.89. The van der Waals surface area contributed by atoms with Crippen molar-refractivity contribution in [3.05, 3.63) is 28.6 Å². The predicted octanol–water partition coefficient (Wildman–Crippen LogP) is 2.99. The largest absolute Gasteiger partial charge is 0.316 e. The first-order chi connectivity index (χ1) is 8.20. The minimum Gasteiger partial charge on any atom is -0.316 e. The lowest BCUT2D eigenvalue weighted by atomic mass is 10.1. The Kier molecular flexibility index (Phi) is 3.97. The lowest BCUT2D eigenvalue weighted by Gasteiger charge is -2.03. The second-order valence-corrected chi connectivity index (χ2v) is 5.44. The highest BCUT2D eigenvalue weighted by Crippen LogP contribution is 2.24. The van der Waals surface area contributed by atoms with Crippen molar-refractivity contribution in [2.24, 2.45) is 5.92 Å². The molecular formula is C13H19N3S. The van der Waals surface area contributed by atoms with Gasteiger partial charge in [-0.15, -0.1) is 0 Å². The van der Waals surface area contributed by atoms with E-state index in [1.54, 1.807) is 11.3 Å². The van der Waals surface area contributed by atoms with E-state index in [1.807, 2.05) is 7.05 Å². The van der Waals surface area contributed by atoms with Crippen LogP contribution in [0.4, 0.5) is 0 Å². The fraction of sp³-hybridized carbons (Fsp3) is 0.462. The summed E-state index contributed by atoms with van der Waals surface area (Å²) in [5.74, 6) is 0.618. The van der Waals surface area contributed by atoms with Crippen LogP contribution in [0, 0.1) is 5.92 Å². The number of nitrogens with one attached hydrogen (secondary N) is 1. The molecule has 3 nitrogen and oxygen atoms in total. The molecule has 0 radical (unpaired) electrons. The van der Waals surface area contributed by atoms with E-state index in [-0.39, 0.29) is 0 Å². The van der Waals surface area contributed by atoms with Gasteiger partial charge in [0.2, 0.25) is 0 Å². The van der Waals surface area contributed by atoms with Crippen molar-refractivity contribution >= 4 is 11.3 Å². The van der Waals surface area contributed by atoms with Gasteiger partial charge >= 0.3 is 0 Å². The van der Waals surface area contributed by atoms with Crippen LogP contribution in [-0.2, 0) is 13.1 Å². The van der Waals surface area contributed by atoms with Crippen molar-refractivity contribution in [1.29, 1.82) is 0 Å². The fourth-order valence-corrected chi connectivity index (χ4v) is 2.53. The van der Waals surface area contributed by atoms with E-state index in [1.165, 1.54) is 11.1 Å². The van der Waals surface area contributed by atoms with E-state index >= 15 is 0 Å². The number of aromatic nitrogens is 2. The molecule has 0 fully saturated rings. The first-order valence-corrected chi connectivity index (χ1v) is 6.88. The molecule has 92 valence electrons. The van der Waals surface area contributed by atoms with Crippen LogP contribution in [0.1, 0.15) is 19.4 Å². The lowest BCUT2D eigenvalue weighted by molar-refractivity contribution is 0.483. The van der Waals surface area contributed by atoms with E-state index < -0.39 is 0 Å². The summed E-state index contributed by atoms with van der Waals surface area (Å²) in [5, 5.41) is 12.1. The molecule has 4 heteroatoms. The van der Waals surface area contributed by atoms with E-state index in [0.717, 1.165) is 18.8 Å². The lowest BCUT2D eigenvalue weighted by Crippen LogP contribution is -2.05. The van der Waals surface area contributed by atoms with Gasteiger partial charge in [-0.2, -0.15) is 16.4 Å². The molecule has 1 N–H and O–H groups in total. The average Bonchev–Trinajstić information content (AvgIpc) is 2.86. The zero-order valence-corrected chi connectivity index (χ0v) is 11.4. The Bertz CT molecular complexity index is 457. The normalized spacial score (nSPS) is 11.3. The minimum atomic E-state index is 0.618. The minimum absolute atomic E-state index is 0.618. The highest BCUT2D eigenvalue weighted by Gasteiger charge is 2.11. The second-order valence-electron chi connectivity index (χ2n) is 4.66. The van der Waals surface area contributed by atoms with Crippen LogP contribution in [0.15, 0.2) is 23.0 Å². The zero-order chi connectivity index (χ0) is 12.3. The maximum atomic E-state index is 4.69. The van der Waals surface area contributed by atoms with E-state index in [0.29, 0.717) is 5.92 Å². The first kappa shape index (κ1) is 12.3. The maximum Gasteiger partial charge on any atom is 0.0976 e. The van der Waals surface area contributed by atoms with Gasteiger partial charge in [-0.1, -0.05) is 13.8 Å². The molecule has 0 aliphatic rings. The highest BCUT2D eigenvalue weighted by molar-refractivity contribution is 7.08. The van der Waals surface area contributed by atoms with Gasteiger partial charge in [-0.3, -0.25) is 4.68 Å². The monoisotopic (exact) mass is 249 g/mol. The van der Waals surface area contributed by atoms with E-state index in [9.17, 15) is 0 Å². The summed E-state index contributed by atoms with van der Waals surface area (Å²) in [6.45, 7) is 6.26. The molecule has 0 atom stereocenters. The summed E-state index contributed by atoms with van der Waals surface area (Å²) >= 11 is 1.71. The summed E-state index contributed by atoms with van der Waals surface area (Å²) in [7, 11) is 1.97. The number of rotatable bonds is 5. The van der Waals surface area contributed by atoms with Gasteiger partial charge in [-0.25, -0.2) is 0 Å². The summed E-state index contributed by atoms with van der Waals surface area (Å²) < 4.78 is 2.06. The third-order valence-electron chi connectivity index (χ3n) is 2.55. The first-order valence-electron chi connectivity index (χ1n) is 5.94. The Labute approximate surface area is 106 Å². The third-order valence-corrected chi connectivity index (χ3v) is 3.23. The molecule has 0 aliphatic carbocycles. The van der Waals surface area contributed by atoms with Crippen LogP contribution in [0.5, 0.6) is 0 Å². The predicted molar refractivity (Wildman–Crippen MR) is 73.1 cm³/mol. The molecule has 17 heavy (non-hydrogen) atoms. The van der Waals surface area contributed by atoms with Crippen molar-refractivity contribution in [3.63, 3.8) is 0 Å². The molecule has 2 heterocycles. The van der Waals surface area contributed by atoms with E-state index in [4.69, 9.17) is 5.10 Å². The molecule has 2 rings (SSSR count). The Morgan fingerprint density at radius 3 is 2.88 bits per heavy atom. The molecule has 0 saturated heterocycles. The van der Waals surface area contributed by atoms with Crippen LogP contribution < -0.4 is 5.32 Å². The van der Waals surface area contributed by atoms with Gasteiger partial charge in [0.1, 0.15) is 0 Å². The Balaban J connectivity index is 2.32. The Morgan fingerprint density at radius 2 is 2.29 bits per heavy atom. The van der Waals surface area contributed by atoms with Gasteiger partial charge in [0.25, 0.3) is 0 Å². The SMILES string of the molecule is CNCc1cn(CC(C)C)nc1-c1ccsc1. The standard InChI is InChI=1S/C13H19N3S/c1-10(2)7-16-8-12(6-14-3)13(15-16)11-4-5-17-9-11/h4-5,8-10,14H,6-7H2,1-3H3. The molecule has 0 bridgehead atoms. The van der Waals surface area contributed by atoms with Crippen LogP contribution in [0.3, 0.4) is 0 Å². The zero-order valence-electron chi connectivity index (χ0n) is 10.6. The van der Waals surface area contributed by atoms with Gasteiger partial charge in [0, 0.05) is 35.8 Å². The molecule has 0 unspecified atom stereocenters. The summed E-state index contributed by atoms with van der Waals surface area (Å²) in [6, 6.07) is 2.13. The summed E-state index contributed by atoms with van der Waals surface area (Å²) in [5.41, 5.74) is 3.61. The Hall–Kier alpha value is -1.13. The summed E-state index contributed by atoms with van der Waals surface area (Å²) in [6.07, 6.45) is 2.16. The molecule has 2 aromatic rings. The number of hydrogen-bond donors (Lipinski definition) is 1. The molecule has 0 aromatic carbocycles. The average molecular weight is 249 g/mol. The van der Waals surface area contributed by atoms with Crippen molar-refractivity contribution in [2.45, 2.75) is 26.9 Å². The van der Waals surface area contributed by atoms with Gasteiger partial charge < -0.3 is 5.32 Å². The van der Waals surface area contributed by atoms with Gasteiger partial charge in [0.15, 0.2) is 0 Å². The number of nitrogens with zero attached hydrogens (tertiary/aromatic N) is 2. The Morgan fingerprint density at radius 1 is 1.47 bits per heavy atom. The molecule has 0 spiro atoms. The van der Waals surface area contributed by atoms with E-state index in [2.05, 4.69) is 46.9 Å². The van der Waals surface area contributed by atoms with Crippen LogP contribution in [0.25, 0.3) is 11.3 Å². The van der Waals surface area contributed by atoms with Crippen molar-refractivity contribution in [1.82, 2.24) is 15.1 Å². The number of thiophene rings is 1. The molecule has 0 aliphatic heterocycles. The molecule has 2 aromatic heterocycles. The number of hydrogen-bond acceptors (Lipinski definition) is 3. The van der Waals surface area contributed by atoms with Gasteiger partial charge in [-0.05, 0) is 24.4 Å². The quantitative estimate of drug-likeness (QED) is 0.883. The van der Waals surface area contributed by atoms with Crippen LogP contribution in [-0.4, -0.2) is 16.8 Å². The molecule has 0 saturated carbocycles.